The van der Waals surface area contributed by atoms with Gasteiger partial charge >= 0.3 is 12.1 Å². The first-order valence-electron chi connectivity index (χ1n) is 11.1. The fourth-order valence-electron chi connectivity index (χ4n) is 4.02. The van der Waals surface area contributed by atoms with E-state index in [-0.39, 0.29) is 11.9 Å². The number of carbonyl (C=O) groups excluding carboxylic acids is 1. The Kier molecular flexibility index (Phi) is 7.50. The molecule has 1 atom stereocenters. The minimum Gasteiger partial charge on any atom is -0.475 e. The molecule has 3 heterocycles. The highest BCUT2D eigenvalue weighted by atomic mass is 35.5. The molecule has 13 heteroatoms. The van der Waals surface area contributed by atoms with Gasteiger partial charge in [-0.25, -0.2) is 14.8 Å². The number of amides is 1. The maximum absolute atomic E-state index is 12.9. The molecule has 1 saturated heterocycles. The topological polar surface area (TPSA) is 137 Å². The Hall–Kier alpha value is -3.90. The molecule has 2 aromatic heterocycles. The molecule has 0 aliphatic carbocycles. The third-order valence-electron chi connectivity index (χ3n) is 5.82. The van der Waals surface area contributed by atoms with E-state index in [1.54, 1.807) is 0 Å². The van der Waals surface area contributed by atoms with E-state index in [1.165, 1.54) is 6.33 Å². The zero-order valence-corrected chi connectivity index (χ0v) is 20.0. The molecule has 0 spiro atoms. The fourth-order valence-corrected chi connectivity index (χ4v) is 4.20. The van der Waals surface area contributed by atoms with E-state index in [1.807, 2.05) is 41.3 Å². The number of carbonyl (C=O) groups is 2. The van der Waals surface area contributed by atoms with E-state index >= 15 is 0 Å². The second-order valence-electron chi connectivity index (χ2n) is 8.42. The summed E-state index contributed by atoms with van der Waals surface area (Å²) >= 11 is 6.06. The van der Waals surface area contributed by atoms with Gasteiger partial charge < -0.3 is 26.0 Å². The molecule has 0 unspecified atom stereocenters. The predicted octanol–water partition coefficient (Wildman–Crippen LogP) is 3.87. The lowest BCUT2D eigenvalue weighted by Crippen LogP contribution is -2.37. The lowest BCUT2D eigenvalue weighted by molar-refractivity contribution is -0.192. The molecule has 194 valence electrons. The molecule has 5 rings (SSSR count). The Morgan fingerprint density at radius 1 is 1.22 bits per heavy atom. The van der Waals surface area contributed by atoms with Gasteiger partial charge in [-0.05, 0) is 48.4 Å². The molecule has 2 aromatic carbocycles. The number of anilines is 1. The molecular formula is C24H22ClF3N6O3. The van der Waals surface area contributed by atoms with Crippen molar-refractivity contribution >= 4 is 51.1 Å². The fraction of sp³-hybridized carbons (Fsp3) is 0.250. The number of nitrogens with one attached hydrogen (secondary N) is 2. The minimum absolute atomic E-state index is 0.122. The number of carboxylic acid groups (broad SMARTS) is 1. The summed E-state index contributed by atoms with van der Waals surface area (Å²) in [4.78, 5) is 35.3. The first-order valence-corrected chi connectivity index (χ1v) is 11.5. The van der Waals surface area contributed by atoms with Crippen molar-refractivity contribution in [3.63, 3.8) is 0 Å². The van der Waals surface area contributed by atoms with Crippen LogP contribution in [0.25, 0.3) is 21.8 Å². The van der Waals surface area contributed by atoms with Gasteiger partial charge in [0.1, 0.15) is 12.1 Å². The van der Waals surface area contributed by atoms with Crippen LogP contribution in [0.15, 0.2) is 48.8 Å². The largest absolute Gasteiger partial charge is 0.490 e. The van der Waals surface area contributed by atoms with Gasteiger partial charge in [-0.3, -0.25) is 4.79 Å². The number of benzene rings is 2. The summed E-state index contributed by atoms with van der Waals surface area (Å²) in [6, 6.07) is 13.5. The van der Waals surface area contributed by atoms with E-state index in [0.29, 0.717) is 23.9 Å². The van der Waals surface area contributed by atoms with Gasteiger partial charge in [0.05, 0.1) is 11.6 Å². The Bertz CT molecular complexity index is 1460. The predicted molar refractivity (Wildman–Crippen MR) is 132 cm³/mol. The Labute approximate surface area is 213 Å². The molecule has 0 saturated carbocycles. The number of aliphatic carboxylic acids is 1. The zero-order chi connectivity index (χ0) is 26.7. The van der Waals surface area contributed by atoms with Crippen LogP contribution in [0.5, 0.6) is 0 Å². The van der Waals surface area contributed by atoms with Crippen molar-refractivity contribution in [1.82, 2.24) is 25.2 Å². The maximum atomic E-state index is 12.9. The van der Waals surface area contributed by atoms with Crippen molar-refractivity contribution in [2.75, 3.05) is 12.3 Å². The molecule has 4 aromatic rings. The number of H-pyrrole nitrogens is 1. The highest BCUT2D eigenvalue weighted by Gasteiger charge is 2.38. The summed E-state index contributed by atoms with van der Waals surface area (Å²) in [6.07, 6.45) is -2.84. The first-order chi connectivity index (χ1) is 17.5. The number of hydrogen-bond acceptors (Lipinski definition) is 6. The number of rotatable bonds is 5. The van der Waals surface area contributed by atoms with Crippen LogP contribution in [-0.4, -0.2) is 55.6 Å². The lowest BCUT2D eigenvalue weighted by atomic mass is 10.1. The van der Waals surface area contributed by atoms with Crippen LogP contribution in [-0.2, 0) is 22.7 Å². The van der Waals surface area contributed by atoms with Crippen LogP contribution in [0, 0.1) is 0 Å². The van der Waals surface area contributed by atoms with Crippen LogP contribution < -0.4 is 11.1 Å². The van der Waals surface area contributed by atoms with E-state index in [4.69, 9.17) is 27.2 Å². The summed E-state index contributed by atoms with van der Waals surface area (Å²) < 4.78 is 31.7. The summed E-state index contributed by atoms with van der Waals surface area (Å²) in [5.41, 5.74) is 9.78. The number of nitrogen functional groups attached to an aromatic ring is 1. The van der Waals surface area contributed by atoms with Crippen molar-refractivity contribution in [2.24, 2.45) is 0 Å². The first kappa shape index (κ1) is 26.2. The number of aromatic nitrogens is 3. The molecule has 37 heavy (non-hydrogen) atoms. The number of likely N-dealkylation sites (tertiary alicyclic amines) is 1. The third-order valence-corrected chi connectivity index (χ3v) is 6.06. The Balaban J connectivity index is 0.000000405. The number of hydrogen-bond donors (Lipinski definition) is 4. The van der Waals surface area contributed by atoms with Crippen molar-refractivity contribution < 1.29 is 27.9 Å². The molecule has 0 bridgehead atoms. The molecule has 1 fully saturated rings. The molecule has 9 nitrogen and oxygen atoms in total. The monoisotopic (exact) mass is 534 g/mol. The Morgan fingerprint density at radius 2 is 1.97 bits per heavy atom. The lowest BCUT2D eigenvalue weighted by Gasteiger charge is -2.17. The van der Waals surface area contributed by atoms with Gasteiger partial charge in [0.25, 0.3) is 0 Å². The molecular weight excluding hydrogens is 513 g/mol. The number of carboxylic acids is 1. The molecule has 0 radical (unpaired) electrons. The van der Waals surface area contributed by atoms with Gasteiger partial charge in [-0.1, -0.05) is 17.7 Å². The van der Waals surface area contributed by atoms with Gasteiger partial charge in [-0.2, -0.15) is 13.2 Å². The number of nitrogens with zero attached hydrogens (tertiary/aromatic N) is 3. The van der Waals surface area contributed by atoms with Crippen LogP contribution in [0.2, 0.25) is 5.02 Å². The number of nitrogens with two attached hydrogens (primary N) is 1. The van der Waals surface area contributed by atoms with E-state index in [2.05, 4.69) is 26.3 Å². The van der Waals surface area contributed by atoms with E-state index < -0.39 is 12.1 Å². The molecule has 1 aliphatic heterocycles. The number of aromatic amines is 1. The summed E-state index contributed by atoms with van der Waals surface area (Å²) in [7, 11) is 0. The molecule has 1 amide bonds. The van der Waals surface area contributed by atoms with Crippen LogP contribution >= 0.6 is 11.6 Å². The number of alkyl halides is 3. The van der Waals surface area contributed by atoms with Gasteiger partial charge in [-0.15, -0.1) is 0 Å². The highest BCUT2D eigenvalue weighted by molar-refractivity contribution is 6.31. The average Bonchev–Trinajstić information content (AvgIpc) is 3.40. The smallest absolute Gasteiger partial charge is 0.475 e. The molecule has 1 aliphatic rings. The molecule has 5 N–H and O–H groups in total. The maximum Gasteiger partial charge on any atom is 0.490 e. The second kappa shape index (κ2) is 10.6. The van der Waals surface area contributed by atoms with E-state index in [0.717, 1.165) is 46.0 Å². The normalized spacial score (nSPS) is 15.7. The number of fused-ring (bicyclic) bond motifs is 2. The SMILES string of the molecule is Nc1ncnc2cc(CN3CC[C@H](NCc4cc5cc(Cl)ccc5[nH]4)C3=O)ccc12.O=C(O)C(F)(F)F. The quantitative estimate of drug-likeness (QED) is 0.305. The van der Waals surface area contributed by atoms with Gasteiger partial charge in [0.2, 0.25) is 5.91 Å². The van der Waals surface area contributed by atoms with Crippen molar-refractivity contribution in [3.05, 3.63) is 65.1 Å². The zero-order valence-electron chi connectivity index (χ0n) is 19.2. The van der Waals surface area contributed by atoms with Crippen molar-refractivity contribution in [2.45, 2.75) is 31.7 Å². The van der Waals surface area contributed by atoms with Crippen LogP contribution in [0.4, 0.5) is 19.0 Å². The third kappa shape index (κ3) is 6.27. The average molecular weight is 535 g/mol. The number of halogens is 4. The summed E-state index contributed by atoms with van der Waals surface area (Å²) in [6.45, 7) is 1.88. The van der Waals surface area contributed by atoms with Crippen molar-refractivity contribution in [1.29, 1.82) is 0 Å². The van der Waals surface area contributed by atoms with Crippen LogP contribution in [0.1, 0.15) is 17.7 Å². The summed E-state index contributed by atoms with van der Waals surface area (Å²) in [5, 5.41) is 13.1. The standard InChI is InChI=1S/C22H21ClN6O.C2HF3O2/c23-15-2-4-18-14(8-15)9-16(28-18)10-25-19-5-6-29(22(19)30)11-13-1-3-17-20(7-13)26-12-27-21(17)24;3-2(4,5)1(6)7/h1-4,7-9,12,19,25,28H,5-6,10-11H2,(H2,24,26,27);(H,6,7)/t19-;/m0./s1. The minimum atomic E-state index is -5.08. The highest BCUT2D eigenvalue weighted by Crippen LogP contribution is 2.22. The van der Waals surface area contributed by atoms with Gasteiger partial charge in [0, 0.05) is 46.6 Å². The van der Waals surface area contributed by atoms with Crippen LogP contribution in [0.3, 0.4) is 0 Å². The van der Waals surface area contributed by atoms with Crippen molar-refractivity contribution in [3.8, 4) is 0 Å². The van der Waals surface area contributed by atoms with Gasteiger partial charge in [0.15, 0.2) is 0 Å². The Morgan fingerprint density at radius 3 is 2.70 bits per heavy atom. The second-order valence-corrected chi connectivity index (χ2v) is 8.86. The van der Waals surface area contributed by atoms with E-state index in [9.17, 15) is 18.0 Å². The summed E-state index contributed by atoms with van der Waals surface area (Å²) in [5.74, 6) is -2.17.